The van der Waals surface area contributed by atoms with E-state index >= 15 is 0 Å². The Morgan fingerprint density at radius 1 is 0.543 bits per heavy atom. The van der Waals surface area contributed by atoms with E-state index in [0.717, 1.165) is 11.4 Å². The highest BCUT2D eigenvalue weighted by Gasteiger charge is 2.30. The van der Waals surface area contributed by atoms with E-state index < -0.39 is 0 Å². The smallest absolute Gasteiger partial charge is 0.258 e. The van der Waals surface area contributed by atoms with E-state index in [4.69, 9.17) is 0 Å². The van der Waals surface area contributed by atoms with Gasteiger partial charge in [-0.3, -0.25) is 19.2 Å². The van der Waals surface area contributed by atoms with Crippen LogP contribution < -0.4 is 20.4 Å². The maximum absolute atomic E-state index is 13.3. The molecule has 1 fully saturated rings. The second kappa shape index (κ2) is 15.2. The first-order chi connectivity index (χ1) is 22.4. The third-order valence-corrected chi connectivity index (χ3v) is 8.48. The number of para-hydroxylation sites is 2. The molecule has 8 heteroatoms. The molecule has 0 aromatic heterocycles. The number of benzene rings is 4. The van der Waals surface area contributed by atoms with E-state index in [1.165, 1.54) is 0 Å². The fourth-order valence-electron chi connectivity index (χ4n) is 5.98. The molecule has 0 saturated heterocycles. The molecule has 1 saturated carbocycles. The molecule has 0 spiro atoms. The Morgan fingerprint density at radius 3 is 1.26 bits per heavy atom. The minimum absolute atomic E-state index is 0.107. The summed E-state index contributed by atoms with van der Waals surface area (Å²) in [7, 11) is 0. The van der Waals surface area contributed by atoms with Crippen LogP contribution in [0.5, 0.6) is 0 Å². The molecule has 0 atom stereocenters. The fourth-order valence-corrected chi connectivity index (χ4v) is 5.98. The molecule has 0 bridgehead atoms. The van der Waals surface area contributed by atoms with Crippen LogP contribution in [-0.2, 0) is 9.59 Å². The number of anilines is 4. The zero-order valence-electron chi connectivity index (χ0n) is 26.3. The molecule has 0 aliphatic heterocycles. The number of amides is 4. The second-order valence-electron chi connectivity index (χ2n) is 11.5. The molecule has 1 aliphatic carbocycles. The zero-order valence-corrected chi connectivity index (χ0v) is 26.3. The maximum Gasteiger partial charge on any atom is 0.258 e. The minimum Gasteiger partial charge on any atom is -0.326 e. The van der Waals surface area contributed by atoms with Crippen molar-refractivity contribution in [3.8, 4) is 0 Å². The summed E-state index contributed by atoms with van der Waals surface area (Å²) in [4.78, 5) is 56.3. The normalized spacial score (nSPS) is 15.8. The lowest BCUT2D eigenvalue weighted by molar-refractivity contribution is -0.125. The molecule has 2 N–H and O–H groups in total. The molecule has 1 aliphatic rings. The monoisotopic (exact) mass is 616 g/mol. The van der Waals surface area contributed by atoms with Crippen molar-refractivity contribution in [2.24, 2.45) is 11.8 Å². The van der Waals surface area contributed by atoms with Gasteiger partial charge in [-0.2, -0.15) is 0 Å². The largest absolute Gasteiger partial charge is 0.326 e. The van der Waals surface area contributed by atoms with Gasteiger partial charge in [0.1, 0.15) is 0 Å². The predicted octanol–water partition coefficient (Wildman–Crippen LogP) is 7.40. The van der Waals surface area contributed by atoms with E-state index in [0.29, 0.717) is 61.3 Å². The van der Waals surface area contributed by atoms with E-state index in [2.05, 4.69) is 10.6 Å². The fraction of sp³-hybridized carbons (Fsp3) is 0.263. The van der Waals surface area contributed by atoms with Gasteiger partial charge in [-0.05, 0) is 100 Å². The van der Waals surface area contributed by atoms with Crippen molar-refractivity contribution in [2.75, 3.05) is 33.5 Å². The van der Waals surface area contributed by atoms with Crippen LogP contribution in [0.1, 0.15) is 60.2 Å². The topological polar surface area (TPSA) is 98.8 Å². The van der Waals surface area contributed by atoms with Gasteiger partial charge in [0, 0.05) is 58.8 Å². The number of hydrogen-bond acceptors (Lipinski definition) is 4. The molecular weight excluding hydrogens is 576 g/mol. The lowest BCUT2D eigenvalue weighted by Gasteiger charge is -2.27. The van der Waals surface area contributed by atoms with Crippen molar-refractivity contribution in [3.05, 3.63) is 120 Å². The van der Waals surface area contributed by atoms with Gasteiger partial charge in [-0.1, -0.05) is 48.5 Å². The number of rotatable bonds is 10. The predicted molar refractivity (Wildman–Crippen MR) is 183 cm³/mol. The first-order valence-corrected chi connectivity index (χ1v) is 15.9. The lowest BCUT2D eigenvalue weighted by Crippen LogP contribution is -2.32. The summed E-state index contributed by atoms with van der Waals surface area (Å²) in [6.45, 7) is 4.90. The Kier molecular flexibility index (Phi) is 10.6. The maximum atomic E-state index is 13.3. The Hall–Kier alpha value is -5.24. The van der Waals surface area contributed by atoms with Crippen LogP contribution >= 0.6 is 0 Å². The van der Waals surface area contributed by atoms with Crippen molar-refractivity contribution < 1.29 is 19.2 Å². The second-order valence-corrected chi connectivity index (χ2v) is 11.5. The van der Waals surface area contributed by atoms with Gasteiger partial charge in [-0.25, -0.2) is 0 Å². The Bertz CT molecular complexity index is 1540. The molecule has 4 aromatic rings. The summed E-state index contributed by atoms with van der Waals surface area (Å²) in [6.07, 6.45) is 2.34. The number of nitrogens with zero attached hydrogens (tertiary/aromatic N) is 2. The molecule has 5 rings (SSSR count). The highest BCUT2D eigenvalue weighted by atomic mass is 16.2. The summed E-state index contributed by atoms with van der Waals surface area (Å²) < 4.78 is 0. The number of nitrogens with one attached hydrogen (secondary N) is 2. The summed E-state index contributed by atoms with van der Waals surface area (Å²) in [5, 5.41) is 5.97. The molecular formula is C38H40N4O4. The summed E-state index contributed by atoms with van der Waals surface area (Å²) >= 11 is 0. The number of hydrogen-bond donors (Lipinski definition) is 2. The van der Waals surface area contributed by atoms with Crippen molar-refractivity contribution in [3.63, 3.8) is 0 Å². The lowest BCUT2D eigenvalue weighted by atomic mass is 9.81. The van der Waals surface area contributed by atoms with E-state index in [9.17, 15) is 19.2 Å². The van der Waals surface area contributed by atoms with Crippen LogP contribution in [0.3, 0.4) is 0 Å². The molecule has 4 amide bonds. The average Bonchev–Trinajstić information content (AvgIpc) is 3.10. The third kappa shape index (κ3) is 7.69. The van der Waals surface area contributed by atoms with Gasteiger partial charge in [0.25, 0.3) is 11.8 Å². The van der Waals surface area contributed by atoms with Crippen molar-refractivity contribution in [2.45, 2.75) is 39.5 Å². The highest BCUT2D eigenvalue weighted by Crippen LogP contribution is 2.31. The Morgan fingerprint density at radius 2 is 0.913 bits per heavy atom. The molecule has 236 valence electrons. The van der Waals surface area contributed by atoms with E-state index in [1.54, 1.807) is 58.3 Å². The first-order valence-electron chi connectivity index (χ1n) is 15.9. The van der Waals surface area contributed by atoms with Gasteiger partial charge in [0.15, 0.2) is 0 Å². The Labute approximate surface area is 270 Å². The van der Waals surface area contributed by atoms with Crippen molar-refractivity contribution in [1.29, 1.82) is 0 Å². The molecule has 0 unspecified atom stereocenters. The van der Waals surface area contributed by atoms with Crippen molar-refractivity contribution in [1.82, 2.24) is 0 Å². The zero-order chi connectivity index (χ0) is 32.5. The van der Waals surface area contributed by atoms with Gasteiger partial charge >= 0.3 is 0 Å². The van der Waals surface area contributed by atoms with Gasteiger partial charge < -0.3 is 20.4 Å². The van der Waals surface area contributed by atoms with Crippen LogP contribution in [0.4, 0.5) is 22.7 Å². The highest BCUT2D eigenvalue weighted by molar-refractivity contribution is 6.08. The van der Waals surface area contributed by atoms with Gasteiger partial charge in [-0.15, -0.1) is 0 Å². The summed E-state index contributed by atoms with van der Waals surface area (Å²) in [5.74, 6) is -0.930. The number of carbonyl (C=O) groups is 4. The van der Waals surface area contributed by atoms with E-state index in [-0.39, 0.29) is 35.5 Å². The summed E-state index contributed by atoms with van der Waals surface area (Å²) in [6, 6.07) is 33.0. The SMILES string of the molecule is CCN(C(=O)c1cccc(NC(=O)C2CCC(C(=O)Nc3cccc(C(=O)N(CC)c4ccccc4)c3)CC2)c1)c1ccccc1. The van der Waals surface area contributed by atoms with E-state index in [1.807, 2.05) is 74.5 Å². The van der Waals surface area contributed by atoms with Crippen LogP contribution in [0, 0.1) is 11.8 Å². The molecule has 46 heavy (non-hydrogen) atoms. The summed E-state index contributed by atoms with van der Waals surface area (Å²) in [5.41, 5.74) is 3.77. The third-order valence-electron chi connectivity index (χ3n) is 8.48. The van der Waals surface area contributed by atoms with Crippen molar-refractivity contribution >= 4 is 46.4 Å². The Balaban J connectivity index is 1.14. The number of carbonyl (C=O) groups excluding carboxylic acids is 4. The molecule has 4 aromatic carbocycles. The average molecular weight is 617 g/mol. The molecule has 0 radical (unpaired) electrons. The standard InChI is InChI=1S/C38H40N4O4/c1-3-41(33-17-7-5-8-18-33)37(45)29-13-11-15-31(25-29)39-35(43)27-21-23-28(24-22-27)36(44)40-32-16-12-14-30(26-32)38(46)42(4-2)34-19-9-6-10-20-34/h5-20,25-28H,3-4,21-24H2,1-2H3,(H,39,43)(H,40,44). The molecule has 0 heterocycles. The quantitative estimate of drug-likeness (QED) is 0.194. The van der Waals surface area contributed by atoms with Gasteiger partial charge in [0.05, 0.1) is 0 Å². The van der Waals surface area contributed by atoms with Crippen LogP contribution in [0.15, 0.2) is 109 Å². The minimum atomic E-state index is -0.223. The first kappa shape index (κ1) is 32.2. The van der Waals surface area contributed by atoms with Gasteiger partial charge in [0.2, 0.25) is 11.8 Å². The van der Waals surface area contributed by atoms with Crippen LogP contribution in [0.25, 0.3) is 0 Å². The molecule has 8 nitrogen and oxygen atoms in total. The van der Waals surface area contributed by atoms with Crippen LogP contribution in [-0.4, -0.2) is 36.7 Å². The van der Waals surface area contributed by atoms with Crippen LogP contribution in [0.2, 0.25) is 0 Å².